The van der Waals surface area contributed by atoms with Gasteiger partial charge < -0.3 is 24.7 Å². The Morgan fingerprint density at radius 1 is 1.28 bits per heavy atom. The molecule has 200 valence electrons. The maximum atomic E-state index is 12.0. The number of anilines is 1. The molecule has 2 aromatic rings. The summed E-state index contributed by atoms with van der Waals surface area (Å²) in [6, 6.07) is 2.83. The normalized spacial score (nSPS) is 15.3. The molecule has 3 rings (SSSR count). The Hall–Kier alpha value is -1.98. The van der Waals surface area contributed by atoms with Gasteiger partial charge in [0, 0.05) is 39.4 Å². The van der Waals surface area contributed by atoms with Gasteiger partial charge in [-0.2, -0.15) is 0 Å². The van der Waals surface area contributed by atoms with Gasteiger partial charge in [-0.25, -0.2) is 19.7 Å². The second-order valence-electron chi connectivity index (χ2n) is 11.7. The zero-order valence-corrected chi connectivity index (χ0v) is 25.2. The van der Waals surface area contributed by atoms with Crippen molar-refractivity contribution in [2.24, 2.45) is 0 Å². The Morgan fingerprint density at radius 2 is 2.00 bits per heavy atom. The number of hydrogen-bond donors (Lipinski definition) is 2. The number of halogens is 1. The van der Waals surface area contributed by atoms with Crippen LogP contribution in [0.5, 0.6) is 0 Å². The summed E-state index contributed by atoms with van der Waals surface area (Å²) in [6.45, 7) is 16.1. The standard InChI is InChI=1S/C25H41BrN6O3Si/c1-17(29-24(33)35-25(2,3)4)15-28-23-27-12-11-19(30-23)20-21(26)31-22(18-9-8-10-18)32(20)16-34-13-14-36(5,6)7/h11-12,17-18H,8-10,13-16H2,1-7H3,(H,29,33)(H,27,28,30). The molecule has 11 heteroatoms. The Balaban J connectivity index is 1.72. The van der Waals surface area contributed by atoms with Gasteiger partial charge in [-0.15, -0.1) is 0 Å². The second-order valence-corrected chi connectivity index (χ2v) is 18.1. The first kappa shape index (κ1) is 28.6. The number of imidazole rings is 1. The maximum Gasteiger partial charge on any atom is 0.407 e. The minimum absolute atomic E-state index is 0.172. The van der Waals surface area contributed by atoms with Crippen molar-refractivity contribution in [2.45, 2.75) is 96.9 Å². The van der Waals surface area contributed by atoms with E-state index in [4.69, 9.17) is 19.4 Å². The summed E-state index contributed by atoms with van der Waals surface area (Å²) in [4.78, 5) is 26.0. The van der Waals surface area contributed by atoms with Crippen LogP contribution < -0.4 is 10.6 Å². The summed E-state index contributed by atoms with van der Waals surface area (Å²) in [7, 11) is -1.17. The molecule has 9 nitrogen and oxygen atoms in total. The number of nitrogens with one attached hydrogen (secondary N) is 2. The molecule has 1 amide bonds. The van der Waals surface area contributed by atoms with E-state index in [1.165, 1.54) is 6.42 Å². The minimum atomic E-state index is -1.17. The molecule has 36 heavy (non-hydrogen) atoms. The molecular formula is C25H41BrN6O3Si. The Morgan fingerprint density at radius 3 is 2.61 bits per heavy atom. The molecule has 1 fully saturated rings. The third-order valence-corrected chi connectivity index (χ3v) is 8.13. The van der Waals surface area contributed by atoms with Crippen LogP contribution in [-0.4, -0.2) is 58.5 Å². The Bertz CT molecular complexity index is 1030. The number of carbonyl (C=O) groups excluding carboxylic acids is 1. The molecule has 1 aliphatic rings. The van der Waals surface area contributed by atoms with E-state index in [1.807, 2.05) is 33.8 Å². The lowest BCUT2D eigenvalue weighted by molar-refractivity contribution is 0.0511. The van der Waals surface area contributed by atoms with Crippen LogP contribution in [0.1, 0.15) is 58.7 Å². The Labute approximate surface area is 224 Å². The number of aromatic nitrogens is 4. The van der Waals surface area contributed by atoms with E-state index >= 15 is 0 Å². The van der Waals surface area contributed by atoms with Crippen LogP contribution in [0.15, 0.2) is 16.9 Å². The van der Waals surface area contributed by atoms with Crippen LogP contribution in [0.4, 0.5) is 10.7 Å². The highest BCUT2D eigenvalue weighted by molar-refractivity contribution is 9.10. The number of hydrogen-bond acceptors (Lipinski definition) is 7. The molecular weight excluding hydrogens is 540 g/mol. The van der Waals surface area contributed by atoms with Crippen LogP contribution in [0, 0.1) is 0 Å². The number of amides is 1. The number of nitrogens with zero attached hydrogens (tertiary/aromatic N) is 4. The molecule has 0 saturated heterocycles. The average Bonchev–Trinajstić information content (AvgIpc) is 3.02. The van der Waals surface area contributed by atoms with Crippen LogP contribution in [0.25, 0.3) is 11.4 Å². The first-order valence-electron chi connectivity index (χ1n) is 12.7. The summed E-state index contributed by atoms with van der Waals surface area (Å²) in [5.74, 6) is 1.99. The lowest BCUT2D eigenvalue weighted by Crippen LogP contribution is -2.41. The number of alkyl carbamates (subject to hydrolysis) is 1. The lowest BCUT2D eigenvalue weighted by Gasteiger charge is -2.26. The maximum absolute atomic E-state index is 12.0. The molecule has 2 heterocycles. The highest BCUT2D eigenvalue weighted by Crippen LogP contribution is 2.39. The quantitative estimate of drug-likeness (QED) is 0.248. The van der Waals surface area contributed by atoms with Crippen molar-refractivity contribution in [2.75, 3.05) is 18.5 Å². The second kappa shape index (κ2) is 12.0. The fourth-order valence-corrected chi connectivity index (χ4v) is 5.06. The van der Waals surface area contributed by atoms with Crippen LogP contribution in [0.2, 0.25) is 25.7 Å². The molecule has 0 aliphatic heterocycles. The summed E-state index contributed by atoms with van der Waals surface area (Å²) in [5, 5.41) is 6.04. The third-order valence-electron chi connectivity index (χ3n) is 5.87. The van der Waals surface area contributed by atoms with Gasteiger partial charge in [-0.3, -0.25) is 0 Å². The predicted molar refractivity (Wildman–Crippen MR) is 149 cm³/mol. The average molecular weight is 582 g/mol. The first-order valence-corrected chi connectivity index (χ1v) is 17.2. The van der Waals surface area contributed by atoms with Crippen molar-refractivity contribution >= 4 is 36.0 Å². The number of rotatable bonds is 11. The SMILES string of the molecule is CC(CNc1nccc(-c2c(Br)nc(C3CCC3)n2COCC[Si](C)(C)C)n1)NC(=O)OC(C)(C)C. The monoisotopic (exact) mass is 580 g/mol. The number of ether oxygens (including phenoxy) is 2. The molecule has 0 spiro atoms. The summed E-state index contributed by atoms with van der Waals surface area (Å²) >= 11 is 3.68. The van der Waals surface area contributed by atoms with Gasteiger partial charge in [0.05, 0.1) is 5.69 Å². The molecule has 1 saturated carbocycles. The van der Waals surface area contributed by atoms with Crippen molar-refractivity contribution in [1.29, 1.82) is 0 Å². The van der Waals surface area contributed by atoms with E-state index < -0.39 is 19.8 Å². The topological polar surface area (TPSA) is 103 Å². The zero-order chi connectivity index (χ0) is 26.5. The van der Waals surface area contributed by atoms with E-state index in [9.17, 15) is 4.79 Å². The van der Waals surface area contributed by atoms with Gasteiger partial charge in [0.2, 0.25) is 5.95 Å². The van der Waals surface area contributed by atoms with E-state index in [2.05, 4.69) is 55.8 Å². The van der Waals surface area contributed by atoms with E-state index in [0.29, 0.717) is 25.1 Å². The van der Waals surface area contributed by atoms with E-state index in [-0.39, 0.29) is 6.04 Å². The molecule has 2 N–H and O–H groups in total. The molecule has 2 aromatic heterocycles. The van der Waals surface area contributed by atoms with Crippen LogP contribution >= 0.6 is 15.9 Å². The van der Waals surface area contributed by atoms with Crippen molar-refractivity contribution in [3.05, 3.63) is 22.7 Å². The van der Waals surface area contributed by atoms with Gasteiger partial charge in [0.15, 0.2) is 0 Å². The fraction of sp³-hybridized carbons (Fsp3) is 0.680. The van der Waals surface area contributed by atoms with Crippen molar-refractivity contribution in [3.8, 4) is 11.4 Å². The van der Waals surface area contributed by atoms with Gasteiger partial charge in [0.1, 0.15) is 28.5 Å². The Kier molecular flexibility index (Phi) is 9.56. The smallest absolute Gasteiger partial charge is 0.407 e. The third kappa shape index (κ3) is 8.55. The van der Waals surface area contributed by atoms with E-state index in [0.717, 1.165) is 47.3 Å². The predicted octanol–water partition coefficient (Wildman–Crippen LogP) is 6.01. The highest BCUT2D eigenvalue weighted by Gasteiger charge is 2.29. The van der Waals surface area contributed by atoms with Crippen molar-refractivity contribution in [1.82, 2.24) is 24.8 Å². The van der Waals surface area contributed by atoms with Gasteiger partial charge in [-0.1, -0.05) is 26.1 Å². The molecule has 1 atom stereocenters. The molecule has 0 bridgehead atoms. The minimum Gasteiger partial charge on any atom is -0.444 e. The van der Waals surface area contributed by atoms with Gasteiger partial charge in [-0.05, 0) is 68.6 Å². The summed E-state index contributed by atoms with van der Waals surface area (Å²) in [6.07, 6.45) is 4.82. The highest BCUT2D eigenvalue weighted by atomic mass is 79.9. The molecule has 0 radical (unpaired) electrons. The van der Waals surface area contributed by atoms with Gasteiger partial charge in [0.25, 0.3) is 0 Å². The van der Waals surface area contributed by atoms with Crippen molar-refractivity contribution in [3.63, 3.8) is 0 Å². The first-order chi connectivity index (χ1) is 16.8. The van der Waals surface area contributed by atoms with Crippen molar-refractivity contribution < 1.29 is 14.3 Å². The zero-order valence-electron chi connectivity index (χ0n) is 22.7. The van der Waals surface area contributed by atoms with E-state index in [1.54, 1.807) is 6.20 Å². The fourth-order valence-electron chi connectivity index (χ4n) is 3.71. The van der Waals surface area contributed by atoms with Gasteiger partial charge >= 0.3 is 6.09 Å². The largest absolute Gasteiger partial charge is 0.444 e. The molecule has 0 aromatic carbocycles. The lowest BCUT2D eigenvalue weighted by atomic mass is 9.85. The molecule has 1 aliphatic carbocycles. The summed E-state index contributed by atoms with van der Waals surface area (Å²) < 4.78 is 14.4. The van der Waals surface area contributed by atoms with Crippen LogP contribution in [-0.2, 0) is 16.2 Å². The number of carbonyl (C=O) groups is 1. The van der Waals surface area contributed by atoms with Crippen LogP contribution in [0.3, 0.4) is 0 Å². The molecule has 1 unspecified atom stereocenters. The summed E-state index contributed by atoms with van der Waals surface area (Å²) in [5.41, 5.74) is 1.12.